The van der Waals surface area contributed by atoms with Crippen molar-refractivity contribution in [2.45, 2.75) is 36.8 Å². The third kappa shape index (κ3) is 7.38. The van der Waals surface area contributed by atoms with E-state index < -0.39 is 17.6 Å². The van der Waals surface area contributed by atoms with Crippen LogP contribution in [0.1, 0.15) is 31.2 Å². The van der Waals surface area contributed by atoms with Gasteiger partial charge in [0.2, 0.25) is 0 Å². The van der Waals surface area contributed by atoms with Gasteiger partial charge in [0.05, 0.1) is 24.8 Å². The second-order valence-corrected chi connectivity index (χ2v) is 10.7. The molecule has 222 valence electrons. The number of nitrogens with zero attached hydrogens (tertiary/aromatic N) is 2. The number of nitrogens with one attached hydrogen (secondary N) is 1. The molecule has 2 heterocycles. The molecule has 6 nitrogen and oxygen atoms in total. The number of hydrogen-bond acceptors (Lipinski definition) is 7. The zero-order valence-electron chi connectivity index (χ0n) is 23.0. The van der Waals surface area contributed by atoms with Gasteiger partial charge < -0.3 is 23.8 Å². The number of aromatic nitrogens is 1. The molecule has 42 heavy (non-hydrogen) atoms. The predicted octanol–water partition coefficient (Wildman–Crippen LogP) is 8.57. The largest absolute Gasteiger partial charge is 0.493 e. The molecule has 0 saturated carbocycles. The minimum Gasteiger partial charge on any atom is -0.493 e. The fourth-order valence-corrected chi connectivity index (χ4v) is 5.61. The normalized spacial score (nSPS) is 14.1. The first kappa shape index (κ1) is 29.8. The molecule has 0 aliphatic carbocycles. The molecule has 0 bridgehead atoms. The second-order valence-electron chi connectivity index (χ2n) is 9.88. The van der Waals surface area contributed by atoms with Crippen LogP contribution in [0.15, 0.2) is 71.8 Å². The number of rotatable bonds is 11. The first-order chi connectivity index (χ1) is 20.3. The summed E-state index contributed by atoms with van der Waals surface area (Å²) in [7, 11) is 1.55. The Morgan fingerprint density at radius 2 is 1.74 bits per heavy atom. The van der Waals surface area contributed by atoms with Crippen molar-refractivity contribution >= 4 is 28.5 Å². The molecule has 1 aliphatic heterocycles. The summed E-state index contributed by atoms with van der Waals surface area (Å²) in [6.45, 7) is 3.81. The van der Waals surface area contributed by atoms with Crippen molar-refractivity contribution in [1.29, 1.82) is 0 Å². The standard InChI is InChI=1S/C31H31F4N3O3S/c1-39-28-19-22-25(20-29(28)40-17-7-16-38-14-5-2-6-15-38)36-13-12-26(22)41-27-11-10-21(18-24(27)32)37-42-30-9-4-3-8-23(30)31(33,34)35/h3-4,8-13,18-20,37H,2,5-7,14-17H2,1H3. The van der Waals surface area contributed by atoms with Crippen molar-refractivity contribution in [2.24, 2.45) is 0 Å². The third-order valence-electron chi connectivity index (χ3n) is 6.93. The molecule has 1 aromatic heterocycles. The first-order valence-electron chi connectivity index (χ1n) is 13.7. The molecule has 1 aliphatic rings. The van der Waals surface area contributed by atoms with Crippen molar-refractivity contribution in [2.75, 3.05) is 38.1 Å². The molecule has 4 aromatic rings. The second kappa shape index (κ2) is 13.5. The highest BCUT2D eigenvalue weighted by Crippen LogP contribution is 2.39. The van der Waals surface area contributed by atoms with E-state index in [4.69, 9.17) is 14.2 Å². The lowest BCUT2D eigenvalue weighted by atomic mass is 10.1. The average molecular weight is 602 g/mol. The average Bonchev–Trinajstić information content (AvgIpc) is 2.99. The zero-order valence-corrected chi connectivity index (χ0v) is 23.9. The van der Waals surface area contributed by atoms with E-state index in [0.717, 1.165) is 44.1 Å². The number of halogens is 4. The van der Waals surface area contributed by atoms with Crippen LogP contribution in [0.2, 0.25) is 0 Å². The Kier molecular flexibility index (Phi) is 9.58. The summed E-state index contributed by atoms with van der Waals surface area (Å²) in [5.74, 6) is 0.707. The van der Waals surface area contributed by atoms with Crippen molar-refractivity contribution in [1.82, 2.24) is 9.88 Å². The van der Waals surface area contributed by atoms with E-state index in [1.165, 1.54) is 55.7 Å². The Morgan fingerprint density at radius 1 is 0.929 bits per heavy atom. The number of likely N-dealkylation sites (tertiary alicyclic amines) is 1. The highest BCUT2D eigenvalue weighted by Gasteiger charge is 2.33. The van der Waals surface area contributed by atoms with Crippen LogP contribution in [0, 0.1) is 5.82 Å². The van der Waals surface area contributed by atoms with Gasteiger partial charge in [0.1, 0.15) is 5.75 Å². The SMILES string of the molecule is COc1cc2c(Oc3ccc(NSc4ccccc4C(F)(F)F)cc3F)ccnc2cc1OCCCN1CCCCC1. The first-order valence-corrected chi connectivity index (χ1v) is 14.5. The van der Waals surface area contributed by atoms with E-state index in [1.807, 2.05) is 0 Å². The van der Waals surface area contributed by atoms with Gasteiger partial charge >= 0.3 is 6.18 Å². The van der Waals surface area contributed by atoms with Crippen molar-refractivity contribution in [3.05, 3.63) is 78.2 Å². The number of ether oxygens (including phenoxy) is 3. The van der Waals surface area contributed by atoms with Gasteiger partial charge in [-0.15, -0.1) is 0 Å². The Morgan fingerprint density at radius 3 is 2.50 bits per heavy atom. The summed E-state index contributed by atoms with van der Waals surface area (Å²) >= 11 is 0.753. The summed E-state index contributed by atoms with van der Waals surface area (Å²) in [6, 6.07) is 14.4. The summed E-state index contributed by atoms with van der Waals surface area (Å²) < 4.78 is 75.1. The van der Waals surface area contributed by atoms with Crippen LogP contribution in [-0.4, -0.2) is 43.2 Å². The van der Waals surface area contributed by atoms with Crippen LogP contribution in [0.5, 0.6) is 23.0 Å². The van der Waals surface area contributed by atoms with Crippen molar-refractivity contribution < 1.29 is 31.8 Å². The molecule has 0 amide bonds. The van der Waals surface area contributed by atoms with Crippen LogP contribution < -0.4 is 18.9 Å². The molecule has 1 fully saturated rings. The molecule has 1 N–H and O–H groups in total. The fourth-order valence-electron chi connectivity index (χ4n) is 4.81. The van der Waals surface area contributed by atoms with E-state index in [2.05, 4.69) is 14.6 Å². The summed E-state index contributed by atoms with van der Waals surface area (Å²) in [4.78, 5) is 6.87. The lowest BCUT2D eigenvalue weighted by Gasteiger charge is -2.26. The van der Waals surface area contributed by atoms with E-state index in [9.17, 15) is 13.2 Å². The minimum absolute atomic E-state index is 0.0201. The number of benzene rings is 3. The maximum atomic E-state index is 15.0. The van der Waals surface area contributed by atoms with Gasteiger partial charge in [0, 0.05) is 40.8 Å². The number of alkyl halides is 3. The number of anilines is 1. The van der Waals surface area contributed by atoms with E-state index in [-0.39, 0.29) is 16.3 Å². The molecule has 0 unspecified atom stereocenters. The number of pyridine rings is 1. The molecule has 11 heteroatoms. The van der Waals surface area contributed by atoms with Gasteiger partial charge in [-0.05, 0) is 80.7 Å². The quantitative estimate of drug-likeness (QED) is 0.105. The van der Waals surface area contributed by atoms with Crippen molar-refractivity contribution in [3.63, 3.8) is 0 Å². The van der Waals surface area contributed by atoms with Crippen LogP contribution in [0.4, 0.5) is 23.2 Å². The van der Waals surface area contributed by atoms with Crippen LogP contribution in [0.25, 0.3) is 10.9 Å². The summed E-state index contributed by atoms with van der Waals surface area (Å²) in [6.07, 6.45) is 1.77. The molecule has 3 aromatic carbocycles. The minimum atomic E-state index is -4.50. The zero-order chi connectivity index (χ0) is 29.5. The van der Waals surface area contributed by atoms with Crippen LogP contribution in [0.3, 0.4) is 0 Å². The lowest BCUT2D eigenvalue weighted by molar-refractivity contribution is -0.139. The third-order valence-corrected chi connectivity index (χ3v) is 7.85. The maximum Gasteiger partial charge on any atom is 0.417 e. The van der Waals surface area contributed by atoms with E-state index in [1.54, 1.807) is 31.5 Å². The van der Waals surface area contributed by atoms with Gasteiger partial charge in [-0.1, -0.05) is 18.6 Å². The van der Waals surface area contributed by atoms with Crippen LogP contribution in [-0.2, 0) is 6.18 Å². The molecular weight excluding hydrogens is 570 g/mol. The maximum absolute atomic E-state index is 15.0. The van der Waals surface area contributed by atoms with E-state index >= 15 is 4.39 Å². The molecule has 0 radical (unpaired) electrons. The number of piperidine rings is 1. The Hall–Kier alpha value is -3.70. The molecule has 1 saturated heterocycles. The molecule has 5 rings (SSSR count). The summed E-state index contributed by atoms with van der Waals surface area (Å²) in [5, 5.41) is 0.607. The Bertz CT molecular complexity index is 1510. The van der Waals surface area contributed by atoms with Gasteiger partial charge in [0.15, 0.2) is 23.1 Å². The highest BCUT2D eigenvalue weighted by atomic mass is 32.2. The fraction of sp³-hybridized carbons (Fsp3) is 0.323. The molecular formula is C31H31F4N3O3S. The molecule has 0 spiro atoms. The highest BCUT2D eigenvalue weighted by molar-refractivity contribution is 8.00. The van der Waals surface area contributed by atoms with Gasteiger partial charge in [-0.3, -0.25) is 4.98 Å². The van der Waals surface area contributed by atoms with Crippen molar-refractivity contribution in [3.8, 4) is 23.0 Å². The predicted molar refractivity (Wildman–Crippen MR) is 156 cm³/mol. The lowest BCUT2D eigenvalue weighted by Crippen LogP contribution is -2.31. The van der Waals surface area contributed by atoms with Crippen LogP contribution >= 0.6 is 11.9 Å². The van der Waals surface area contributed by atoms with Gasteiger partial charge in [-0.2, -0.15) is 13.2 Å². The Labute approximate surface area is 246 Å². The summed E-state index contributed by atoms with van der Waals surface area (Å²) in [5.41, 5.74) is 0.108. The smallest absolute Gasteiger partial charge is 0.417 e. The van der Waals surface area contributed by atoms with Gasteiger partial charge in [-0.25, -0.2) is 4.39 Å². The monoisotopic (exact) mass is 601 g/mol. The number of fused-ring (bicyclic) bond motifs is 1. The number of methoxy groups -OCH3 is 1. The molecule has 0 atom stereocenters. The Balaban J connectivity index is 1.26. The number of hydrogen-bond donors (Lipinski definition) is 1. The topological polar surface area (TPSA) is 55.9 Å². The van der Waals surface area contributed by atoms with Gasteiger partial charge in [0.25, 0.3) is 0 Å². The van der Waals surface area contributed by atoms with E-state index in [0.29, 0.717) is 34.8 Å².